The summed E-state index contributed by atoms with van der Waals surface area (Å²) >= 11 is 0. The number of hydrogen-bond donors (Lipinski definition) is 2. The number of nitrogens with one attached hydrogen (secondary N) is 1. The van der Waals surface area contributed by atoms with Crippen molar-refractivity contribution in [3.63, 3.8) is 0 Å². The van der Waals surface area contributed by atoms with Crippen LogP contribution in [0, 0.1) is 0 Å². The second-order valence-electron chi connectivity index (χ2n) is 4.85. The van der Waals surface area contributed by atoms with E-state index in [1.807, 2.05) is 6.92 Å². The predicted molar refractivity (Wildman–Crippen MR) is 64.0 cm³/mol. The molecule has 17 heavy (non-hydrogen) atoms. The molecule has 88 valence electrons. The van der Waals surface area contributed by atoms with E-state index < -0.39 is 5.91 Å². The van der Waals surface area contributed by atoms with Gasteiger partial charge in [-0.2, -0.15) is 0 Å². The van der Waals surface area contributed by atoms with Crippen LogP contribution in [-0.4, -0.2) is 15.5 Å². The average Bonchev–Trinajstić information content (AvgIpc) is 2.83. The number of aromatic amines is 1. The molecule has 0 spiro atoms. The molecule has 5 heteroatoms. The van der Waals surface area contributed by atoms with Crippen molar-refractivity contribution >= 4 is 16.8 Å². The van der Waals surface area contributed by atoms with Gasteiger partial charge in [-0.15, -0.1) is 0 Å². The van der Waals surface area contributed by atoms with Gasteiger partial charge in [0, 0.05) is 17.9 Å². The minimum absolute atomic E-state index is 0.0637. The summed E-state index contributed by atoms with van der Waals surface area (Å²) in [6, 6.07) is 1.69. The Morgan fingerprint density at radius 3 is 2.82 bits per heavy atom. The van der Waals surface area contributed by atoms with E-state index in [1.54, 1.807) is 23.0 Å². The van der Waals surface area contributed by atoms with E-state index in [9.17, 15) is 9.59 Å². The Labute approximate surface area is 97.2 Å². The van der Waals surface area contributed by atoms with Crippen molar-refractivity contribution in [1.29, 1.82) is 0 Å². The largest absolute Gasteiger partial charge is 0.365 e. The third kappa shape index (κ3) is 1.32. The van der Waals surface area contributed by atoms with Crippen LogP contribution in [0.2, 0.25) is 0 Å². The molecule has 1 saturated carbocycles. The van der Waals surface area contributed by atoms with Crippen LogP contribution in [0.1, 0.15) is 30.1 Å². The molecule has 2 aromatic rings. The average molecular weight is 231 g/mol. The van der Waals surface area contributed by atoms with E-state index in [4.69, 9.17) is 5.73 Å². The number of aromatic nitrogens is 2. The van der Waals surface area contributed by atoms with E-state index in [0.29, 0.717) is 16.5 Å². The van der Waals surface area contributed by atoms with Gasteiger partial charge in [-0.25, -0.2) is 0 Å². The molecule has 0 aromatic carbocycles. The second-order valence-corrected chi connectivity index (χ2v) is 4.85. The van der Waals surface area contributed by atoms with Gasteiger partial charge in [0.1, 0.15) is 0 Å². The van der Waals surface area contributed by atoms with Gasteiger partial charge in [0.15, 0.2) is 0 Å². The minimum atomic E-state index is -0.518. The number of hydrogen-bond acceptors (Lipinski definition) is 2. The van der Waals surface area contributed by atoms with Crippen LogP contribution in [0.5, 0.6) is 0 Å². The summed E-state index contributed by atoms with van der Waals surface area (Å²) in [4.78, 5) is 26.5. The molecule has 0 bridgehead atoms. The summed E-state index contributed by atoms with van der Waals surface area (Å²) in [5.74, 6) is -0.518. The summed E-state index contributed by atoms with van der Waals surface area (Å²) in [6.07, 6.45) is 5.15. The van der Waals surface area contributed by atoms with Crippen LogP contribution < -0.4 is 11.3 Å². The Morgan fingerprint density at radius 1 is 1.53 bits per heavy atom. The summed E-state index contributed by atoms with van der Waals surface area (Å²) in [6.45, 7) is 2.01. The minimum Gasteiger partial charge on any atom is -0.365 e. The van der Waals surface area contributed by atoms with E-state index in [1.165, 1.54) is 0 Å². The van der Waals surface area contributed by atoms with E-state index >= 15 is 0 Å². The van der Waals surface area contributed by atoms with Gasteiger partial charge in [0.05, 0.1) is 16.5 Å². The molecule has 0 radical (unpaired) electrons. The molecule has 1 aliphatic carbocycles. The van der Waals surface area contributed by atoms with E-state index in [0.717, 1.165) is 12.8 Å². The molecule has 1 aliphatic rings. The van der Waals surface area contributed by atoms with Crippen molar-refractivity contribution in [3.05, 3.63) is 34.4 Å². The highest BCUT2D eigenvalue weighted by atomic mass is 16.1. The van der Waals surface area contributed by atoms with Crippen LogP contribution in [0.4, 0.5) is 0 Å². The number of carbonyl (C=O) groups excluding carboxylic acids is 1. The Balaban J connectivity index is 2.41. The number of primary amides is 1. The first-order chi connectivity index (χ1) is 8.03. The number of carbonyl (C=O) groups is 1. The molecule has 2 aromatic heterocycles. The molecule has 0 atom stereocenters. The first-order valence-corrected chi connectivity index (χ1v) is 5.56. The standard InChI is InChI=1S/C12H13N3O2/c1-12(3-4-12)15-6-8(10(13)16)9-7(11(15)17)2-5-14-9/h2,5-6,14H,3-4H2,1H3,(H2,13,16). The molecular formula is C12H13N3O2. The van der Waals surface area contributed by atoms with Gasteiger partial charge in [0.2, 0.25) is 0 Å². The maximum absolute atomic E-state index is 12.2. The third-order valence-corrected chi connectivity index (χ3v) is 3.54. The molecule has 0 saturated heterocycles. The second kappa shape index (κ2) is 3.00. The van der Waals surface area contributed by atoms with Gasteiger partial charge < -0.3 is 15.3 Å². The number of fused-ring (bicyclic) bond motifs is 1. The molecule has 0 unspecified atom stereocenters. The van der Waals surface area contributed by atoms with Crippen molar-refractivity contribution in [3.8, 4) is 0 Å². The van der Waals surface area contributed by atoms with Crippen molar-refractivity contribution in [2.45, 2.75) is 25.3 Å². The molecule has 1 amide bonds. The lowest BCUT2D eigenvalue weighted by atomic mass is 10.1. The summed E-state index contributed by atoms with van der Waals surface area (Å²) in [5, 5.41) is 0.523. The molecule has 3 rings (SSSR count). The SMILES string of the molecule is CC1(n2cc(C(N)=O)c3[nH]ccc3c2=O)CC1. The quantitative estimate of drug-likeness (QED) is 0.806. The molecule has 3 N–H and O–H groups in total. The molecular weight excluding hydrogens is 218 g/mol. The van der Waals surface area contributed by atoms with Gasteiger partial charge >= 0.3 is 0 Å². The molecule has 1 fully saturated rings. The van der Waals surface area contributed by atoms with Gasteiger partial charge in [-0.1, -0.05) is 0 Å². The number of nitrogens with zero attached hydrogens (tertiary/aromatic N) is 1. The lowest BCUT2D eigenvalue weighted by Gasteiger charge is -2.14. The fourth-order valence-electron chi connectivity index (χ4n) is 2.16. The monoisotopic (exact) mass is 231 g/mol. The van der Waals surface area contributed by atoms with Crippen LogP contribution in [0.25, 0.3) is 10.9 Å². The fourth-order valence-corrected chi connectivity index (χ4v) is 2.16. The Hall–Kier alpha value is -2.04. The maximum Gasteiger partial charge on any atom is 0.260 e. The molecule has 2 heterocycles. The van der Waals surface area contributed by atoms with Crippen LogP contribution >= 0.6 is 0 Å². The number of pyridine rings is 1. The smallest absolute Gasteiger partial charge is 0.260 e. The number of amides is 1. The van der Waals surface area contributed by atoms with Crippen molar-refractivity contribution < 1.29 is 4.79 Å². The van der Waals surface area contributed by atoms with Gasteiger partial charge in [-0.05, 0) is 25.8 Å². The van der Waals surface area contributed by atoms with Crippen LogP contribution in [0.15, 0.2) is 23.3 Å². The number of H-pyrrole nitrogens is 1. The summed E-state index contributed by atoms with van der Waals surface area (Å²) in [7, 11) is 0. The zero-order chi connectivity index (χ0) is 12.2. The van der Waals surface area contributed by atoms with Crippen LogP contribution in [-0.2, 0) is 5.54 Å². The first-order valence-electron chi connectivity index (χ1n) is 5.56. The van der Waals surface area contributed by atoms with Gasteiger partial charge in [0.25, 0.3) is 11.5 Å². The summed E-state index contributed by atoms with van der Waals surface area (Å²) < 4.78 is 1.64. The van der Waals surface area contributed by atoms with Gasteiger partial charge in [-0.3, -0.25) is 9.59 Å². The third-order valence-electron chi connectivity index (χ3n) is 3.54. The Kier molecular flexibility index (Phi) is 1.79. The summed E-state index contributed by atoms with van der Waals surface area (Å²) in [5.41, 5.74) is 6.04. The highest BCUT2D eigenvalue weighted by Crippen LogP contribution is 2.42. The topological polar surface area (TPSA) is 80.9 Å². The van der Waals surface area contributed by atoms with Crippen molar-refractivity contribution in [2.75, 3.05) is 0 Å². The zero-order valence-corrected chi connectivity index (χ0v) is 9.49. The molecule has 0 aliphatic heterocycles. The first kappa shape index (κ1) is 10.1. The normalized spacial score (nSPS) is 17.2. The zero-order valence-electron chi connectivity index (χ0n) is 9.49. The van der Waals surface area contributed by atoms with Crippen molar-refractivity contribution in [1.82, 2.24) is 9.55 Å². The highest BCUT2D eigenvalue weighted by Gasteiger charge is 2.40. The van der Waals surface area contributed by atoms with Crippen molar-refractivity contribution in [2.24, 2.45) is 5.73 Å². The maximum atomic E-state index is 12.2. The lowest BCUT2D eigenvalue weighted by Crippen LogP contribution is -2.29. The predicted octanol–water partition coefficient (Wildman–Crippen LogP) is 0.937. The highest BCUT2D eigenvalue weighted by molar-refractivity contribution is 6.04. The van der Waals surface area contributed by atoms with Crippen LogP contribution in [0.3, 0.4) is 0 Å². The molecule has 5 nitrogen and oxygen atoms in total. The van der Waals surface area contributed by atoms with E-state index in [-0.39, 0.29) is 11.1 Å². The number of rotatable bonds is 2. The Bertz CT molecular complexity index is 677. The Morgan fingerprint density at radius 2 is 2.24 bits per heavy atom. The lowest BCUT2D eigenvalue weighted by molar-refractivity contribution is 0.100. The van der Waals surface area contributed by atoms with E-state index in [2.05, 4.69) is 4.98 Å². The fraction of sp³-hybridized carbons (Fsp3) is 0.333. The number of nitrogens with two attached hydrogens (primary N) is 1.